The van der Waals surface area contributed by atoms with E-state index >= 15 is 0 Å². The predicted molar refractivity (Wildman–Crippen MR) is 93.4 cm³/mol. The van der Waals surface area contributed by atoms with Crippen LogP contribution in [0.4, 0.5) is 5.69 Å². The van der Waals surface area contributed by atoms with Gasteiger partial charge >= 0.3 is 0 Å². The van der Waals surface area contributed by atoms with Gasteiger partial charge in [-0.1, -0.05) is 36.4 Å². The second kappa shape index (κ2) is 6.65. The Hall–Kier alpha value is -2.34. The van der Waals surface area contributed by atoms with Crippen LogP contribution in [0.25, 0.3) is 0 Å². The molecule has 0 bridgehead atoms. The van der Waals surface area contributed by atoms with Crippen molar-refractivity contribution in [3.8, 4) is 0 Å². The molecule has 1 fully saturated rings. The summed E-state index contributed by atoms with van der Waals surface area (Å²) in [5.74, 6) is -0.0626. The lowest BCUT2D eigenvalue weighted by Gasteiger charge is -2.17. The van der Waals surface area contributed by atoms with Crippen LogP contribution in [0, 0.1) is 0 Å². The Bertz CT molecular complexity index is 834. The van der Waals surface area contributed by atoms with E-state index in [-0.39, 0.29) is 17.7 Å². The van der Waals surface area contributed by atoms with Crippen molar-refractivity contribution in [1.82, 2.24) is 4.90 Å². The van der Waals surface area contributed by atoms with Gasteiger partial charge in [0.25, 0.3) is 0 Å². The van der Waals surface area contributed by atoms with Crippen molar-refractivity contribution in [2.45, 2.75) is 23.1 Å². The first-order valence-electron chi connectivity index (χ1n) is 7.84. The van der Waals surface area contributed by atoms with Gasteiger partial charge in [-0.3, -0.25) is 4.79 Å². The van der Waals surface area contributed by atoms with Gasteiger partial charge in [0.05, 0.1) is 10.6 Å². The largest absolute Gasteiger partial charge is 0.373 e. The third-order valence-corrected chi connectivity index (χ3v) is 5.90. The highest BCUT2D eigenvalue weighted by atomic mass is 32.2. The molecule has 0 spiro atoms. The Labute approximate surface area is 142 Å². The normalized spacial score (nSPS) is 18.0. The minimum atomic E-state index is -3.43. The second-order valence-electron chi connectivity index (χ2n) is 5.97. The fourth-order valence-electron chi connectivity index (χ4n) is 2.85. The lowest BCUT2D eigenvalue weighted by atomic mass is 10.1. The Kier molecular flexibility index (Phi) is 4.57. The van der Waals surface area contributed by atoms with E-state index in [2.05, 4.69) is 5.32 Å². The van der Waals surface area contributed by atoms with Crippen LogP contribution in [0.15, 0.2) is 59.5 Å². The average Bonchev–Trinajstić information content (AvgIpc) is 2.89. The average molecular weight is 344 g/mol. The molecule has 0 unspecified atom stereocenters. The van der Waals surface area contributed by atoms with Crippen LogP contribution in [0.2, 0.25) is 0 Å². The number of rotatable bonds is 5. The molecule has 1 amide bonds. The number of likely N-dealkylation sites (tertiary alicyclic amines) is 1. The van der Waals surface area contributed by atoms with Gasteiger partial charge in [0.15, 0.2) is 9.84 Å². The molecule has 2 aromatic carbocycles. The number of carbonyl (C=O) groups excluding carboxylic acids is 1. The smallest absolute Gasteiger partial charge is 0.244 e. The number of hydrogen-bond acceptors (Lipinski definition) is 4. The molecule has 0 aromatic heterocycles. The van der Waals surface area contributed by atoms with Gasteiger partial charge in [-0.15, -0.1) is 0 Å². The third kappa shape index (κ3) is 3.43. The molecule has 0 saturated carbocycles. The number of likely N-dealkylation sites (N-methyl/N-ethyl adjacent to an activating group) is 1. The zero-order chi connectivity index (χ0) is 17.2. The van der Waals surface area contributed by atoms with Gasteiger partial charge in [-0.05, 0) is 30.2 Å². The monoisotopic (exact) mass is 344 g/mol. The number of hydrogen-bond donors (Lipinski definition) is 1. The number of nitrogens with one attached hydrogen (secondary N) is 1. The molecule has 1 heterocycles. The van der Waals surface area contributed by atoms with E-state index in [4.69, 9.17) is 0 Å². The zero-order valence-electron chi connectivity index (χ0n) is 13.5. The standard InChI is InChI=1S/C18H20N2O3S/c1-20-12-11-17(18(20)21)19-16-10-6-5-7-14(16)13-24(22,23)15-8-3-2-4-9-15/h2-10,17,19H,11-13H2,1H3/t17-/m0/s1. The summed E-state index contributed by atoms with van der Waals surface area (Å²) in [6, 6.07) is 15.4. The van der Waals surface area contributed by atoms with E-state index in [0.717, 1.165) is 6.42 Å². The summed E-state index contributed by atoms with van der Waals surface area (Å²) in [6.07, 6.45) is 0.717. The first-order chi connectivity index (χ1) is 11.5. The van der Waals surface area contributed by atoms with Crippen LogP contribution in [0.5, 0.6) is 0 Å². The maximum atomic E-state index is 12.6. The van der Waals surface area contributed by atoms with Gasteiger partial charge in [0.2, 0.25) is 5.91 Å². The molecule has 126 valence electrons. The molecule has 6 heteroatoms. The van der Waals surface area contributed by atoms with Crippen molar-refractivity contribution in [3.63, 3.8) is 0 Å². The number of benzene rings is 2. The zero-order valence-corrected chi connectivity index (χ0v) is 14.3. The van der Waals surface area contributed by atoms with Crippen molar-refractivity contribution >= 4 is 21.4 Å². The van der Waals surface area contributed by atoms with Crippen LogP contribution in [-0.4, -0.2) is 38.9 Å². The highest BCUT2D eigenvalue weighted by Gasteiger charge is 2.29. The van der Waals surface area contributed by atoms with Crippen molar-refractivity contribution in [2.75, 3.05) is 18.9 Å². The Morgan fingerprint density at radius 2 is 1.75 bits per heavy atom. The van der Waals surface area contributed by atoms with Gasteiger partial charge in [-0.2, -0.15) is 0 Å². The molecule has 0 aliphatic carbocycles. The number of carbonyl (C=O) groups is 1. The quantitative estimate of drug-likeness (QED) is 0.904. The Morgan fingerprint density at radius 1 is 1.08 bits per heavy atom. The van der Waals surface area contributed by atoms with Gasteiger partial charge < -0.3 is 10.2 Å². The topological polar surface area (TPSA) is 66.5 Å². The summed E-state index contributed by atoms with van der Waals surface area (Å²) in [5, 5.41) is 3.21. The fraction of sp³-hybridized carbons (Fsp3) is 0.278. The van der Waals surface area contributed by atoms with Crippen molar-refractivity contribution in [1.29, 1.82) is 0 Å². The molecule has 5 nitrogen and oxygen atoms in total. The molecule has 1 N–H and O–H groups in total. The lowest BCUT2D eigenvalue weighted by Crippen LogP contribution is -2.31. The van der Waals surface area contributed by atoms with Gasteiger partial charge in [0.1, 0.15) is 6.04 Å². The molecule has 24 heavy (non-hydrogen) atoms. The van der Waals surface area contributed by atoms with Crippen LogP contribution < -0.4 is 5.32 Å². The van der Waals surface area contributed by atoms with E-state index in [1.165, 1.54) is 0 Å². The van der Waals surface area contributed by atoms with Crippen molar-refractivity contribution in [3.05, 3.63) is 60.2 Å². The van der Waals surface area contributed by atoms with Gasteiger partial charge in [0, 0.05) is 19.3 Å². The number of nitrogens with zero attached hydrogens (tertiary/aromatic N) is 1. The van der Waals surface area contributed by atoms with Crippen LogP contribution >= 0.6 is 0 Å². The number of amides is 1. The van der Waals surface area contributed by atoms with E-state index in [9.17, 15) is 13.2 Å². The first-order valence-corrected chi connectivity index (χ1v) is 9.50. The molecule has 1 atom stereocenters. The highest BCUT2D eigenvalue weighted by Crippen LogP contribution is 2.24. The van der Waals surface area contributed by atoms with Gasteiger partial charge in [-0.25, -0.2) is 8.42 Å². The molecule has 0 radical (unpaired) electrons. The second-order valence-corrected chi connectivity index (χ2v) is 7.96. The first kappa shape index (κ1) is 16.5. The number of anilines is 1. The molecule has 1 aliphatic heterocycles. The third-order valence-electron chi connectivity index (χ3n) is 4.22. The maximum Gasteiger partial charge on any atom is 0.244 e. The molecular formula is C18H20N2O3S. The molecular weight excluding hydrogens is 324 g/mol. The summed E-state index contributed by atoms with van der Waals surface area (Å²) in [4.78, 5) is 14.1. The Balaban J connectivity index is 1.84. The van der Waals surface area contributed by atoms with Crippen LogP contribution in [0.3, 0.4) is 0 Å². The van der Waals surface area contributed by atoms with E-state index in [1.807, 2.05) is 18.2 Å². The number of para-hydroxylation sites is 1. The molecule has 2 aromatic rings. The van der Waals surface area contributed by atoms with Crippen molar-refractivity contribution < 1.29 is 13.2 Å². The van der Waals surface area contributed by atoms with Crippen LogP contribution in [-0.2, 0) is 20.4 Å². The fourth-order valence-corrected chi connectivity index (χ4v) is 4.25. The van der Waals surface area contributed by atoms with E-state index in [0.29, 0.717) is 22.7 Å². The molecule has 1 aliphatic rings. The Morgan fingerprint density at radius 3 is 2.42 bits per heavy atom. The highest BCUT2D eigenvalue weighted by molar-refractivity contribution is 7.90. The van der Waals surface area contributed by atoms with E-state index < -0.39 is 9.84 Å². The minimum absolute atomic E-state index is 0.0377. The minimum Gasteiger partial charge on any atom is -0.373 e. The van der Waals surface area contributed by atoms with Crippen LogP contribution in [0.1, 0.15) is 12.0 Å². The summed E-state index contributed by atoms with van der Waals surface area (Å²) >= 11 is 0. The predicted octanol–water partition coefficient (Wildman–Crippen LogP) is 2.30. The summed E-state index contributed by atoms with van der Waals surface area (Å²) in [5.41, 5.74) is 1.37. The number of sulfone groups is 1. The SMILES string of the molecule is CN1CC[C@H](Nc2ccccc2CS(=O)(=O)c2ccccc2)C1=O. The summed E-state index contributed by atoms with van der Waals surface area (Å²) in [6.45, 7) is 0.709. The molecule has 1 saturated heterocycles. The molecule has 3 rings (SSSR count). The van der Waals surface area contributed by atoms with E-state index in [1.54, 1.807) is 48.3 Å². The van der Waals surface area contributed by atoms with Crippen molar-refractivity contribution in [2.24, 2.45) is 0 Å². The summed E-state index contributed by atoms with van der Waals surface area (Å²) < 4.78 is 25.2. The lowest BCUT2D eigenvalue weighted by molar-refractivity contribution is -0.127. The summed E-state index contributed by atoms with van der Waals surface area (Å²) in [7, 11) is -1.66. The maximum absolute atomic E-state index is 12.6.